The van der Waals surface area contributed by atoms with Gasteiger partial charge < -0.3 is 15.1 Å². The van der Waals surface area contributed by atoms with E-state index in [-0.39, 0.29) is 0 Å². The lowest BCUT2D eigenvalue weighted by atomic mass is 10.3. The standard InChI is InChI=1S/C13H18N6S/c1-2-14-11-9-12(17-10-16-11)18-4-6-19(7-5-18)13-15-3-8-20-13/h3,8-10H,2,4-7H2,1H3,(H,14,16,17). The Labute approximate surface area is 122 Å². The molecule has 0 bridgehead atoms. The molecule has 1 saturated heterocycles. The van der Waals surface area contributed by atoms with Crippen LogP contribution in [0.2, 0.25) is 0 Å². The molecule has 3 rings (SSSR count). The van der Waals surface area contributed by atoms with E-state index in [1.54, 1.807) is 17.7 Å². The van der Waals surface area contributed by atoms with Crippen LogP contribution in [0.5, 0.6) is 0 Å². The molecule has 3 heterocycles. The molecular formula is C13H18N6S. The second-order valence-corrected chi connectivity index (χ2v) is 5.45. The summed E-state index contributed by atoms with van der Waals surface area (Å²) in [5.41, 5.74) is 0. The molecule has 0 atom stereocenters. The first-order valence-electron chi connectivity index (χ1n) is 6.82. The highest BCUT2D eigenvalue weighted by molar-refractivity contribution is 7.13. The fourth-order valence-electron chi connectivity index (χ4n) is 2.30. The summed E-state index contributed by atoms with van der Waals surface area (Å²) in [5.74, 6) is 1.88. The van der Waals surface area contributed by atoms with E-state index in [9.17, 15) is 0 Å². The monoisotopic (exact) mass is 290 g/mol. The minimum Gasteiger partial charge on any atom is -0.370 e. The molecule has 0 saturated carbocycles. The molecule has 0 aromatic carbocycles. The quantitative estimate of drug-likeness (QED) is 0.925. The van der Waals surface area contributed by atoms with Gasteiger partial charge in [0, 0.05) is 50.4 Å². The van der Waals surface area contributed by atoms with Gasteiger partial charge in [0.1, 0.15) is 18.0 Å². The highest BCUT2D eigenvalue weighted by Crippen LogP contribution is 2.21. The van der Waals surface area contributed by atoms with Gasteiger partial charge in [0.25, 0.3) is 0 Å². The maximum atomic E-state index is 4.38. The molecule has 1 N–H and O–H groups in total. The molecule has 2 aromatic heterocycles. The normalized spacial score (nSPS) is 15.4. The fourth-order valence-corrected chi connectivity index (χ4v) is 2.99. The molecular weight excluding hydrogens is 272 g/mol. The van der Waals surface area contributed by atoms with Gasteiger partial charge in [-0.2, -0.15) is 0 Å². The Bertz CT molecular complexity index is 536. The zero-order valence-electron chi connectivity index (χ0n) is 11.5. The molecule has 1 fully saturated rings. The molecule has 2 aromatic rings. The lowest BCUT2D eigenvalue weighted by Crippen LogP contribution is -2.46. The summed E-state index contributed by atoms with van der Waals surface area (Å²) >= 11 is 1.70. The van der Waals surface area contributed by atoms with E-state index >= 15 is 0 Å². The average Bonchev–Trinajstić information content (AvgIpc) is 3.02. The van der Waals surface area contributed by atoms with Crippen molar-refractivity contribution in [3.63, 3.8) is 0 Å². The zero-order chi connectivity index (χ0) is 13.8. The Hall–Kier alpha value is -1.89. The number of aromatic nitrogens is 3. The number of thiazole rings is 1. The van der Waals surface area contributed by atoms with Crippen LogP contribution in [0.4, 0.5) is 16.8 Å². The summed E-state index contributed by atoms with van der Waals surface area (Å²) in [4.78, 5) is 17.6. The van der Waals surface area contributed by atoms with Gasteiger partial charge in [-0.1, -0.05) is 0 Å². The molecule has 1 aliphatic rings. The molecule has 0 unspecified atom stereocenters. The summed E-state index contributed by atoms with van der Waals surface area (Å²) in [5, 5.41) is 6.36. The van der Waals surface area contributed by atoms with Crippen LogP contribution in [0, 0.1) is 0 Å². The highest BCUT2D eigenvalue weighted by atomic mass is 32.1. The van der Waals surface area contributed by atoms with Crippen LogP contribution in [0.25, 0.3) is 0 Å². The Morgan fingerprint density at radius 3 is 2.65 bits per heavy atom. The largest absolute Gasteiger partial charge is 0.370 e. The predicted octanol–water partition coefficient (Wildman–Crippen LogP) is 1.69. The summed E-state index contributed by atoms with van der Waals surface area (Å²) in [6.45, 7) is 6.81. The summed E-state index contributed by atoms with van der Waals surface area (Å²) in [6.07, 6.45) is 3.49. The van der Waals surface area contributed by atoms with Gasteiger partial charge in [0.05, 0.1) is 0 Å². The Morgan fingerprint density at radius 2 is 1.95 bits per heavy atom. The minimum absolute atomic E-state index is 0.869. The van der Waals surface area contributed by atoms with E-state index in [1.165, 1.54) is 0 Å². The predicted molar refractivity (Wildman–Crippen MR) is 82.7 cm³/mol. The van der Waals surface area contributed by atoms with Crippen LogP contribution in [-0.2, 0) is 0 Å². The molecule has 0 aliphatic carbocycles. The Morgan fingerprint density at radius 1 is 1.15 bits per heavy atom. The highest BCUT2D eigenvalue weighted by Gasteiger charge is 2.19. The van der Waals surface area contributed by atoms with Crippen molar-refractivity contribution < 1.29 is 0 Å². The van der Waals surface area contributed by atoms with Gasteiger partial charge in [-0.25, -0.2) is 15.0 Å². The van der Waals surface area contributed by atoms with Crippen molar-refractivity contribution in [1.82, 2.24) is 15.0 Å². The van der Waals surface area contributed by atoms with E-state index < -0.39 is 0 Å². The molecule has 0 radical (unpaired) electrons. The summed E-state index contributed by atoms with van der Waals surface area (Å²) in [6, 6.07) is 2.02. The van der Waals surface area contributed by atoms with Crippen molar-refractivity contribution >= 4 is 28.1 Å². The van der Waals surface area contributed by atoms with Crippen molar-refractivity contribution in [1.29, 1.82) is 0 Å². The molecule has 6 nitrogen and oxygen atoms in total. The van der Waals surface area contributed by atoms with E-state index in [1.807, 2.05) is 17.6 Å². The van der Waals surface area contributed by atoms with E-state index in [2.05, 4.69) is 37.0 Å². The van der Waals surface area contributed by atoms with Crippen LogP contribution < -0.4 is 15.1 Å². The third-order valence-corrected chi connectivity index (χ3v) is 4.14. The number of hydrogen-bond acceptors (Lipinski definition) is 7. The van der Waals surface area contributed by atoms with Crippen molar-refractivity contribution in [3.05, 3.63) is 24.0 Å². The van der Waals surface area contributed by atoms with E-state index in [0.29, 0.717) is 0 Å². The lowest BCUT2D eigenvalue weighted by Gasteiger charge is -2.35. The number of piperazine rings is 1. The molecule has 1 aliphatic heterocycles. The Balaban J connectivity index is 1.64. The smallest absolute Gasteiger partial charge is 0.185 e. The molecule has 7 heteroatoms. The first kappa shape index (κ1) is 13.1. The van der Waals surface area contributed by atoms with Gasteiger partial charge in [-0.3, -0.25) is 0 Å². The van der Waals surface area contributed by atoms with Crippen molar-refractivity contribution in [2.45, 2.75) is 6.92 Å². The lowest BCUT2D eigenvalue weighted by molar-refractivity contribution is 0.645. The first-order chi connectivity index (χ1) is 9.86. The topological polar surface area (TPSA) is 57.2 Å². The minimum atomic E-state index is 0.869. The molecule has 20 heavy (non-hydrogen) atoms. The van der Waals surface area contributed by atoms with E-state index in [4.69, 9.17) is 0 Å². The van der Waals surface area contributed by atoms with Gasteiger partial charge in [-0.05, 0) is 6.92 Å². The fraction of sp³-hybridized carbons (Fsp3) is 0.462. The van der Waals surface area contributed by atoms with E-state index in [0.717, 1.165) is 49.5 Å². The second kappa shape index (κ2) is 6.04. The van der Waals surface area contributed by atoms with Gasteiger partial charge >= 0.3 is 0 Å². The van der Waals surface area contributed by atoms with Gasteiger partial charge in [0.2, 0.25) is 0 Å². The maximum Gasteiger partial charge on any atom is 0.185 e. The van der Waals surface area contributed by atoms with Crippen molar-refractivity contribution in [2.24, 2.45) is 0 Å². The third-order valence-electron chi connectivity index (χ3n) is 3.30. The van der Waals surface area contributed by atoms with Crippen LogP contribution in [0.1, 0.15) is 6.92 Å². The number of nitrogens with zero attached hydrogens (tertiary/aromatic N) is 5. The van der Waals surface area contributed by atoms with Crippen molar-refractivity contribution in [3.8, 4) is 0 Å². The number of hydrogen-bond donors (Lipinski definition) is 1. The third kappa shape index (κ3) is 2.82. The number of anilines is 3. The van der Waals surface area contributed by atoms with Gasteiger partial charge in [-0.15, -0.1) is 11.3 Å². The number of rotatable bonds is 4. The molecule has 0 amide bonds. The SMILES string of the molecule is CCNc1cc(N2CCN(c3nccs3)CC2)ncn1. The summed E-state index contributed by atoms with van der Waals surface area (Å²) in [7, 11) is 0. The number of nitrogens with one attached hydrogen (secondary N) is 1. The maximum absolute atomic E-state index is 4.38. The molecule has 0 spiro atoms. The van der Waals surface area contributed by atoms with Crippen LogP contribution >= 0.6 is 11.3 Å². The van der Waals surface area contributed by atoms with Crippen LogP contribution in [-0.4, -0.2) is 47.7 Å². The zero-order valence-corrected chi connectivity index (χ0v) is 12.3. The molecule has 106 valence electrons. The first-order valence-corrected chi connectivity index (χ1v) is 7.70. The summed E-state index contributed by atoms with van der Waals surface area (Å²) < 4.78 is 0. The van der Waals surface area contributed by atoms with Crippen LogP contribution in [0.15, 0.2) is 24.0 Å². The Kier molecular flexibility index (Phi) is 3.96. The average molecular weight is 290 g/mol. The van der Waals surface area contributed by atoms with Crippen LogP contribution in [0.3, 0.4) is 0 Å². The van der Waals surface area contributed by atoms with Gasteiger partial charge in [0.15, 0.2) is 5.13 Å². The van der Waals surface area contributed by atoms with Crippen molar-refractivity contribution in [2.75, 3.05) is 47.8 Å². The second-order valence-electron chi connectivity index (χ2n) is 4.58.